The molecule has 0 unspecified atom stereocenters. The van der Waals surface area contributed by atoms with Crippen LogP contribution in [0.4, 0.5) is 4.39 Å². The van der Waals surface area contributed by atoms with Gasteiger partial charge in [0.25, 0.3) is 0 Å². The van der Waals surface area contributed by atoms with E-state index in [1.165, 1.54) is 0 Å². The van der Waals surface area contributed by atoms with Crippen LogP contribution in [0.2, 0.25) is 0 Å². The van der Waals surface area contributed by atoms with E-state index in [-0.39, 0.29) is 6.54 Å². The van der Waals surface area contributed by atoms with Crippen LogP contribution in [0.3, 0.4) is 0 Å². The lowest BCUT2D eigenvalue weighted by molar-refractivity contribution is 0.450. The van der Waals surface area contributed by atoms with Crippen molar-refractivity contribution in [2.75, 3.05) is 37.8 Å². The second-order valence-electron chi connectivity index (χ2n) is 2.53. The van der Waals surface area contributed by atoms with E-state index in [2.05, 4.69) is 4.99 Å². The molecule has 2 N–H and O–H groups in total. The lowest BCUT2D eigenvalue weighted by atomic mass is 10.5. The van der Waals surface area contributed by atoms with Crippen LogP contribution in [0, 0.1) is 0 Å². The molecule has 5 heteroatoms. The van der Waals surface area contributed by atoms with Crippen molar-refractivity contribution in [1.82, 2.24) is 4.90 Å². The molecule has 0 amide bonds. The predicted octanol–water partition coefficient (Wildman–Crippen LogP) is 0.319. The Morgan fingerprint density at radius 3 is 2.75 bits per heavy atom. The number of nitrogens with two attached hydrogens (primary N) is 1. The molecular weight excluding hydrogens is 177 g/mol. The molecule has 0 aromatic heterocycles. The third kappa shape index (κ3) is 2.89. The molecule has 0 saturated carbocycles. The fourth-order valence-corrected chi connectivity index (χ4v) is 1.95. The summed E-state index contributed by atoms with van der Waals surface area (Å²) in [6, 6.07) is 0. The van der Waals surface area contributed by atoms with Crippen molar-refractivity contribution in [3.8, 4) is 0 Å². The first-order valence-electron chi connectivity index (χ1n) is 4.03. The monoisotopic (exact) mass is 191 g/mol. The average molecular weight is 191 g/mol. The van der Waals surface area contributed by atoms with E-state index in [4.69, 9.17) is 5.73 Å². The van der Waals surface area contributed by atoms with Crippen molar-refractivity contribution in [2.24, 2.45) is 10.7 Å². The van der Waals surface area contributed by atoms with Crippen molar-refractivity contribution < 1.29 is 4.39 Å². The van der Waals surface area contributed by atoms with Gasteiger partial charge in [0, 0.05) is 24.6 Å². The van der Waals surface area contributed by atoms with Crippen molar-refractivity contribution in [3.63, 3.8) is 0 Å². The Morgan fingerprint density at radius 2 is 2.17 bits per heavy atom. The molecule has 1 rings (SSSR count). The first-order chi connectivity index (χ1) is 5.84. The van der Waals surface area contributed by atoms with Gasteiger partial charge in [0.1, 0.15) is 6.67 Å². The van der Waals surface area contributed by atoms with Crippen LogP contribution in [0.25, 0.3) is 0 Å². The molecule has 1 aliphatic rings. The van der Waals surface area contributed by atoms with Crippen LogP contribution >= 0.6 is 11.8 Å². The molecule has 0 radical (unpaired) electrons. The molecule has 0 bridgehead atoms. The van der Waals surface area contributed by atoms with E-state index in [1.807, 2.05) is 16.7 Å². The highest BCUT2D eigenvalue weighted by molar-refractivity contribution is 7.99. The summed E-state index contributed by atoms with van der Waals surface area (Å²) in [5.74, 6) is 2.67. The third-order valence-electron chi connectivity index (χ3n) is 1.69. The number of guanidine groups is 1. The zero-order chi connectivity index (χ0) is 8.81. The Morgan fingerprint density at radius 1 is 1.50 bits per heavy atom. The third-order valence-corrected chi connectivity index (χ3v) is 2.64. The summed E-state index contributed by atoms with van der Waals surface area (Å²) >= 11 is 1.91. The van der Waals surface area contributed by atoms with Gasteiger partial charge < -0.3 is 10.6 Å². The molecule has 0 atom stereocenters. The second-order valence-corrected chi connectivity index (χ2v) is 3.75. The summed E-state index contributed by atoms with van der Waals surface area (Å²) < 4.78 is 11.7. The zero-order valence-electron chi connectivity index (χ0n) is 7.00. The minimum atomic E-state index is -0.427. The van der Waals surface area contributed by atoms with Gasteiger partial charge in [-0.1, -0.05) is 0 Å². The molecule has 0 aromatic rings. The summed E-state index contributed by atoms with van der Waals surface area (Å²) in [6.45, 7) is 1.64. The molecule has 1 saturated heterocycles. The van der Waals surface area contributed by atoms with Crippen LogP contribution < -0.4 is 5.73 Å². The minimum Gasteiger partial charge on any atom is -0.370 e. The fourth-order valence-electron chi connectivity index (χ4n) is 1.05. The molecule has 0 aromatic carbocycles. The number of rotatable bonds is 2. The molecular formula is C7H14FN3S. The number of alkyl halides is 1. The van der Waals surface area contributed by atoms with Crippen molar-refractivity contribution in [1.29, 1.82) is 0 Å². The molecule has 0 spiro atoms. The second kappa shape index (κ2) is 5.24. The standard InChI is InChI=1S/C7H14FN3S/c8-1-2-10-7(9)11-3-5-12-6-4-11/h1-6H2,(H2,9,10). The Labute approximate surface area is 76.2 Å². The summed E-state index contributed by atoms with van der Waals surface area (Å²) in [5, 5.41) is 0. The quantitative estimate of drug-likeness (QED) is 0.505. The van der Waals surface area contributed by atoms with Gasteiger partial charge in [-0.2, -0.15) is 11.8 Å². The topological polar surface area (TPSA) is 41.6 Å². The molecule has 12 heavy (non-hydrogen) atoms. The lowest BCUT2D eigenvalue weighted by Crippen LogP contribution is -2.42. The van der Waals surface area contributed by atoms with E-state index in [9.17, 15) is 4.39 Å². The Bertz CT molecular complexity index is 157. The highest BCUT2D eigenvalue weighted by Gasteiger charge is 2.11. The summed E-state index contributed by atoms with van der Waals surface area (Å²) in [5.41, 5.74) is 5.63. The van der Waals surface area contributed by atoms with Gasteiger partial charge in [0.05, 0.1) is 6.54 Å². The summed E-state index contributed by atoms with van der Waals surface area (Å²) in [4.78, 5) is 5.91. The van der Waals surface area contributed by atoms with E-state index in [0.29, 0.717) is 5.96 Å². The summed E-state index contributed by atoms with van der Waals surface area (Å²) in [6.07, 6.45) is 0. The first kappa shape index (κ1) is 9.64. The predicted molar refractivity (Wildman–Crippen MR) is 51.4 cm³/mol. The molecule has 0 aliphatic carbocycles. The van der Waals surface area contributed by atoms with Gasteiger partial charge in [-0.15, -0.1) is 0 Å². The number of hydrogen-bond acceptors (Lipinski definition) is 2. The zero-order valence-corrected chi connectivity index (χ0v) is 7.82. The maximum Gasteiger partial charge on any atom is 0.191 e. The molecule has 1 fully saturated rings. The number of halogens is 1. The van der Waals surface area contributed by atoms with Crippen LogP contribution in [0.15, 0.2) is 4.99 Å². The number of hydrogen-bond donors (Lipinski definition) is 1. The van der Waals surface area contributed by atoms with E-state index in [1.54, 1.807) is 0 Å². The van der Waals surface area contributed by atoms with Gasteiger partial charge in [0.2, 0.25) is 0 Å². The minimum absolute atomic E-state index is 0.190. The lowest BCUT2D eigenvalue weighted by Gasteiger charge is -2.27. The Kier molecular flexibility index (Phi) is 4.21. The van der Waals surface area contributed by atoms with E-state index < -0.39 is 6.67 Å². The number of nitrogens with zero attached hydrogens (tertiary/aromatic N) is 2. The molecule has 1 aliphatic heterocycles. The van der Waals surface area contributed by atoms with Crippen LogP contribution in [-0.2, 0) is 0 Å². The van der Waals surface area contributed by atoms with Crippen LogP contribution in [0.5, 0.6) is 0 Å². The highest BCUT2D eigenvalue weighted by Crippen LogP contribution is 2.08. The molecule has 3 nitrogen and oxygen atoms in total. The van der Waals surface area contributed by atoms with Gasteiger partial charge in [-0.25, -0.2) is 4.39 Å². The Hall–Kier alpha value is -0.450. The number of thioether (sulfide) groups is 1. The van der Waals surface area contributed by atoms with Crippen molar-refractivity contribution in [2.45, 2.75) is 0 Å². The number of aliphatic imine (C=N–C) groups is 1. The van der Waals surface area contributed by atoms with Gasteiger partial charge in [-0.3, -0.25) is 4.99 Å². The normalized spacial score (nSPS) is 19.8. The largest absolute Gasteiger partial charge is 0.370 e. The van der Waals surface area contributed by atoms with Gasteiger partial charge in [-0.05, 0) is 0 Å². The van der Waals surface area contributed by atoms with Gasteiger partial charge in [0.15, 0.2) is 5.96 Å². The summed E-state index contributed by atoms with van der Waals surface area (Å²) in [7, 11) is 0. The van der Waals surface area contributed by atoms with Gasteiger partial charge >= 0.3 is 0 Å². The molecule has 1 heterocycles. The first-order valence-corrected chi connectivity index (χ1v) is 5.18. The maximum absolute atomic E-state index is 11.7. The van der Waals surface area contributed by atoms with Crippen LogP contribution in [-0.4, -0.2) is 48.7 Å². The SMILES string of the molecule is NC(=NCCF)N1CCSCC1. The molecule has 70 valence electrons. The van der Waals surface area contributed by atoms with Crippen molar-refractivity contribution in [3.05, 3.63) is 0 Å². The van der Waals surface area contributed by atoms with Crippen LogP contribution in [0.1, 0.15) is 0 Å². The smallest absolute Gasteiger partial charge is 0.191 e. The Balaban J connectivity index is 2.33. The fraction of sp³-hybridized carbons (Fsp3) is 0.857. The average Bonchev–Trinajstić information content (AvgIpc) is 2.15. The van der Waals surface area contributed by atoms with Crippen molar-refractivity contribution >= 4 is 17.7 Å². The highest BCUT2D eigenvalue weighted by atomic mass is 32.2. The maximum atomic E-state index is 11.7. The van der Waals surface area contributed by atoms with E-state index >= 15 is 0 Å². The van der Waals surface area contributed by atoms with E-state index in [0.717, 1.165) is 24.6 Å².